The van der Waals surface area contributed by atoms with Crippen molar-refractivity contribution < 1.29 is 14.0 Å². The number of nitrogens with one attached hydrogen (secondary N) is 1. The Labute approximate surface area is 186 Å². The highest BCUT2D eigenvalue weighted by molar-refractivity contribution is 6.42. The molecule has 0 unspecified atom stereocenters. The summed E-state index contributed by atoms with van der Waals surface area (Å²) in [7, 11) is 0. The Balaban J connectivity index is 1.80. The standard InChI is InChI=1S/C23H25Cl2FN2O2/c1-15(23(30)27-18-7-3-4-8-18)28(14-16-10-11-19(24)20(25)12-16)22(29)13-17-6-2-5-9-21(17)26/h2,5-6,9-12,15,18H,3-4,7-8,13-14H2,1H3,(H,27,30)/t15-/m0/s1. The number of amides is 2. The van der Waals surface area contributed by atoms with Crippen molar-refractivity contribution in [3.05, 3.63) is 69.5 Å². The average Bonchev–Trinajstić information content (AvgIpc) is 3.23. The van der Waals surface area contributed by atoms with Crippen molar-refractivity contribution in [3.8, 4) is 0 Å². The summed E-state index contributed by atoms with van der Waals surface area (Å²) >= 11 is 12.1. The maximum Gasteiger partial charge on any atom is 0.242 e. The molecule has 2 aromatic carbocycles. The van der Waals surface area contributed by atoms with Gasteiger partial charge in [0.1, 0.15) is 11.9 Å². The molecule has 2 aromatic rings. The van der Waals surface area contributed by atoms with Gasteiger partial charge in [-0.05, 0) is 49.1 Å². The highest BCUT2D eigenvalue weighted by atomic mass is 35.5. The Kier molecular flexibility index (Phi) is 7.73. The highest BCUT2D eigenvalue weighted by Gasteiger charge is 2.29. The summed E-state index contributed by atoms with van der Waals surface area (Å²) in [6, 6.07) is 10.7. The monoisotopic (exact) mass is 450 g/mol. The summed E-state index contributed by atoms with van der Waals surface area (Å²) < 4.78 is 14.1. The van der Waals surface area contributed by atoms with E-state index in [0.717, 1.165) is 31.2 Å². The lowest BCUT2D eigenvalue weighted by Gasteiger charge is -2.30. The first-order valence-corrected chi connectivity index (χ1v) is 10.9. The van der Waals surface area contributed by atoms with Crippen LogP contribution < -0.4 is 5.32 Å². The molecule has 1 aliphatic carbocycles. The zero-order valence-electron chi connectivity index (χ0n) is 16.8. The largest absolute Gasteiger partial charge is 0.352 e. The molecule has 3 rings (SSSR count). The number of nitrogens with zero attached hydrogens (tertiary/aromatic N) is 1. The zero-order chi connectivity index (χ0) is 21.7. The molecule has 0 bridgehead atoms. The topological polar surface area (TPSA) is 49.4 Å². The Morgan fingerprint density at radius 1 is 1.13 bits per heavy atom. The molecule has 1 aliphatic rings. The lowest BCUT2D eigenvalue weighted by molar-refractivity contribution is -0.140. The predicted octanol–water partition coefficient (Wildman–Crippen LogP) is 5.15. The Morgan fingerprint density at radius 3 is 2.50 bits per heavy atom. The Morgan fingerprint density at radius 2 is 1.83 bits per heavy atom. The fourth-order valence-electron chi connectivity index (χ4n) is 3.72. The Bertz CT molecular complexity index is 916. The van der Waals surface area contributed by atoms with E-state index in [-0.39, 0.29) is 30.8 Å². The molecule has 0 spiro atoms. The number of hydrogen-bond donors (Lipinski definition) is 1. The molecule has 1 N–H and O–H groups in total. The van der Waals surface area contributed by atoms with Gasteiger partial charge in [-0.2, -0.15) is 0 Å². The van der Waals surface area contributed by atoms with Crippen LogP contribution in [-0.4, -0.2) is 28.8 Å². The number of halogens is 3. The van der Waals surface area contributed by atoms with Crippen molar-refractivity contribution in [1.82, 2.24) is 10.2 Å². The predicted molar refractivity (Wildman–Crippen MR) is 117 cm³/mol. The van der Waals surface area contributed by atoms with E-state index in [0.29, 0.717) is 15.6 Å². The third kappa shape index (κ3) is 5.73. The van der Waals surface area contributed by atoms with Gasteiger partial charge in [0.05, 0.1) is 16.5 Å². The van der Waals surface area contributed by atoms with Gasteiger partial charge in [-0.3, -0.25) is 9.59 Å². The van der Waals surface area contributed by atoms with E-state index in [1.165, 1.54) is 11.0 Å². The second kappa shape index (κ2) is 10.3. The minimum atomic E-state index is -0.709. The summed E-state index contributed by atoms with van der Waals surface area (Å²) in [6.45, 7) is 1.87. The van der Waals surface area contributed by atoms with Gasteiger partial charge >= 0.3 is 0 Å². The van der Waals surface area contributed by atoms with Crippen molar-refractivity contribution in [2.24, 2.45) is 0 Å². The number of carbonyl (C=O) groups is 2. The van der Waals surface area contributed by atoms with Crippen LogP contribution in [-0.2, 0) is 22.6 Å². The molecule has 2 amide bonds. The first kappa shape index (κ1) is 22.6. The van der Waals surface area contributed by atoms with Crippen molar-refractivity contribution >= 4 is 35.0 Å². The van der Waals surface area contributed by atoms with Crippen molar-refractivity contribution in [2.75, 3.05) is 0 Å². The molecule has 0 saturated heterocycles. The van der Waals surface area contributed by atoms with Gasteiger partial charge in [0, 0.05) is 12.6 Å². The number of benzene rings is 2. The fraction of sp³-hybridized carbons (Fsp3) is 0.391. The maximum atomic E-state index is 14.1. The number of rotatable bonds is 7. The SMILES string of the molecule is C[C@@H](C(=O)NC1CCCC1)N(Cc1ccc(Cl)c(Cl)c1)C(=O)Cc1ccccc1F. The number of carbonyl (C=O) groups excluding carboxylic acids is 2. The van der Waals surface area contributed by atoms with Crippen LogP contribution in [0.4, 0.5) is 4.39 Å². The number of hydrogen-bond acceptors (Lipinski definition) is 2. The van der Waals surface area contributed by atoms with Crippen LogP contribution in [0.2, 0.25) is 10.0 Å². The lowest BCUT2D eigenvalue weighted by atomic mass is 10.1. The normalized spacial score (nSPS) is 15.1. The van der Waals surface area contributed by atoms with Gasteiger partial charge in [0.25, 0.3) is 0 Å². The summed E-state index contributed by atoms with van der Waals surface area (Å²) in [5, 5.41) is 3.83. The molecule has 1 saturated carbocycles. The van der Waals surface area contributed by atoms with Crippen molar-refractivity contribution in [3.63, 3.8) is 0 Å². The first-order valence-electron chi connectivity index (χ1n) is 10.1. The summed E-state index contributed by atoms with van der Waals surface area (Å²) in [5.41, 5.74) is 1.04. The minimum absolute atomic E-state index is 0.130. The van der Waals surface area contributed by atoms with Crippen LogP contribution in [0.3, 0.4) is 0 Å². The molecular formula is C23H25Cl2FN2O2. The lowest BCUT2D eigenvalue weighted by Crippen LogP contribution is -2.50. The van der Waals surface area contributed by atoms with E-state index in [1.54, 1.807) is 43.3 Å². The molecule has 0 heterocycles. The van der Waals surface area contributed by atoms with E-state index in [1.807, 2.05) is 0 Å². The van der Waals surface area contributed by atoms with Crippen molar-refractivity contribution in [2.45, 2.75) is 57.7 Å². The average molecular weight is 451 g/mol. The fourth-order valence-corrected chi connectivity index (χ4v) is 4.04. The smallest absolute Gasteiger partial charge is 0.242 e. The van der Waals surface area contributed by atoms with E-state index < -0.39 is 11.9 Å². The molecule has 0 aromatic heterocycles. The van der Waals surface area contributed by atoms with Gasteiger partial charge < -0.3 is 10.2 Å². The van der Waals surface area contributed by atoms with Gasteiger partial charge in [-0.25, -0.2) is 4.39 Å². The molecule has 160 valence electrons. The van der Waals surface area contributed by atoms with Gasteiger partial charge in [-0.1, -0.05) is 60.3 Å². The van der Waals surface area contributed by atoms with E-state index in [9.17, 15) is 14.0 Å². The third-order valence-electron chi connectivity index (χ3n) is 5.51. The van der Waals surface area contributed by atoms with Crippen LogP contribution in [0.5, 0.6) is 0 Å². The second-order valence-electron chi connectivity index (χ2n) is 7.70. The molecule has 1 atom stereocenters. The van der Waals surface area contributed by atoms with Crippen LogP contribution in [0.1, 0.15) is 43.7 Å². The van der Waals surface area contributed by atoms with Crippen LogP contribution in [0.25, 0.3) is 0 Å². The molecular weight excluding hydrogens is 426 g/mol. The molecule has 0 aliphatic heterocycles. The molecule has 30 heavy (non-hydrogen) atoms. The Hall–Kier alpha value is -2.11. The van der Waals surface area contributed by atoms with Crippen LogP contribution in [0.15, 0.2) is 42.5 Å². The minimum Gasteiger partial charge on any atom is -0.352 e. The molecule has 0 radical (unpaired) electrons. The third-order valence-corrected chi connectivity index (χ3v) is 6.24. The van der Waals surface area contributed by atoms with E-state index >= 15 is 0 Å². The quantitative estimate of drug-likeness (QED) is 0.633. The summed E-state index contributed by atoms with van der Waals surface area (Å²) in [4.78, 5) is 27.4. The summed E-state index contributed by atoms with van der Waals surface area (Å²) in [6.07, 6.45) is 3.97. The molecule has 7 heteroatoms. The zero-order valence-corrected chi connectivity index (χ0v) is 18.3. The van der Waals surface area contributed by atoms with Crippen LogP contribution in [0, 0.1) is 5.82 Å². The first-order chi connectivity index (χ1) is 14.3. The molecule has 4 nitrogen and oxygen atoms in total. The highest BCUT2D eigenvalue weighted by Crippen LogP contribution is 2.24. The van der Waals surface area contributed by atoms with Gasteiger partial charge in [-0.15, -0.1) is 0 Å². The maximum absolute atomic E-state index is 14.1. The van der Waals surface area contributed by atoms with Gasteiger partial charge in [0.2, 0.25) is 11.8 Å². The van der Waals surface area contributed by atoms with Gasteiger partial charge in [0.15, 0.2) is 0 Å². The van der Waals surface area contributed by atoms with Crippen LogP contribution >= 0.6 is 23.2 Å². The van der Waals surface area contributed by atoms with Crippen molar-refractivity contribution in [1.29, 1.82) is 0 Å². The van der Waals surface area contributed by atoms with E-state index in [2.05, 4.69) is 5.32 Å². The second-order valence-corrected chi connectivity index (χ2v) is 8.52. The van der Waals surface area contributed by atoms with E-state index in [4.69, 9.17) is 23.2 Å². The summed E-state index contributed by atoms with van der Waals surface area (Å²) in [5.74, 6) is -0.979. The molecule has 1 fully saturated rings.